The summed E-state index contributed by atoms with van der Waals surface area (Å²) in [5.74, 6) is 0.291. The third-order valence-corrected chi connectivity index (χ3v) is 5.89. The van der Waals surface area contributed by atoms with Crippen molar-refractivity contribution in [2.45, 2.75) is 25.4 Å². The fourth-order valence-electron chi connectivity index (χ4n) is 4.01. The molecule has 1 aliphatic rings. The van der Waals surface area contributed by atoms with Gasteiger partial charge in [-0.25, -0.2) is 0 Å². The fraction of sp³-hybridized carbons (Fsp3) is 0.200. The summed E-state index contributed by atoms with van der Waals surface area (Å²) in [7, 11) is 1.60. The summed E-state index contributed by atoms with van der Waals surface area (Å²) < 4.78 is 5.26. The van der Waals surface area contributed by atoms with Crippen molar-refractivity contribution < 1.29 is 14.3 Å². The molecule has 0 radical (unpaired) electrons. The number of benzene rings is 3. The van der Waals surface area contributed by atoms with Crippen molar-refractivity contribution in [1.82, 2.24) is 5.32 Å². The van der Waals surface area contributed by atoms with Crippen LogP contribution in [0.5, 0.6) is 5.75 Å². The molecule has 0 spiro atoms. The van der Waals surface area contributed by atoms with Crippen molar-refractivity contribution in [3.05, 3.63) is 94.5 Å². The van der Waals surface area contributed by atoms with Crippen molar-refractivity contribution in [2.24, 2.45) is 0 Å². The molecule has 0 unspecified atom stereocenters. The van der Waals surface area contributed by atoms with Crippen LogP contribution in [0.15, 0.2) is 72.8 Å². The molecule has 1 N–H and O–H groups in total. The van der Waals surface area contributed by atoms with Gasteiger partial charge in [0.05, 0.1) is 7.11 Å². The van der Waals surface area contributed by atoms with Gasteiger partial charge in [-0.1, -0.05) is 41.9 Å². The lowest BCUT2D eigenvalue weighted by Gasteiger charge is -2.44. The highest BCUT2D eigenvalue weighted by molar-refractivity contribution is 6.30. The normalized spacial score (nSPS) is 17.8. The zero-order valence-corrected chi connectivity index (χ0v) is 18.1. The second-order valence-electron chi connectivity index (χ2n) is 7.76. The SMILES string of the molecule is COc1cccc(CNC(=O)[C@@]2(C)Cc3ccccc3C(=O)N2c2ccc(Cl)cc2)c1. The van der Waals surface area contributed by atoms with E-state index in [1.807, 2.05) is 42.5 Å². The minimum Gasteiger partial charge on any atom is -0.497 e. The van der Waals surface area contributed by atoms with E-state index in [0.717, 1.165) is 16.9 Å². The average molecular weight is 435 g/mol. The maximum Gasteiger partial charge on any atom is 0.259 e. The molecule has 4 rings (SSSR count). The first kappa shape index (κ1) is 20.9. The van der Waals surface area contributed by atoms with E-state index < -0.39 is 5.54 Å². The molecular weight excluding hydrogens is 412 g/mol. The molecule has 0 saturated carbocycles. The number of hydrogen-bond acceptors (Lipinski definition) is 3. The zero-order chi connectivity index (χ0) is 22.0. The minimum atomic E-state index is -1.10. The van der Waals surface area contributed by atoms with Crippen LogP contribution in [-0.4, -0.2) is 24.5 Å². The van der Waals surface area contributed by atoms with E-state index in [2.05, 4.69) is 5.32 Å². The maximum atomic E-state index is 13.5. The summed E-state index contributed by atoms with van der Waals surface area (Å²) in [6.45, 7) is 2.13. The second kappa shape index (κ2) is 8.44. The molecular formula is C25H23ClN2O3. The van der Waals surface area contributed by atoms with E-state index in [9.17, 15) is 9.59 Å². The monoisotopic (exact) mass is 434 g/mol. The number of amides is 2. The molecule has 0 aliphatic carbocycles. The van der Waals surface area contributed by atoms with Crippen LogP contribution in [0.4, 0.5) is 5.69 Å². The number of fused-ring (bicyclic) bond motifs is 1. The van der Waals surface area contributed by atoms with Crippen LogP contribution >= 0.6 is 11.6 Å². The van der Waals surface area contributed by atoms with E-state index in [-0.39, 0.29) is 11.8 Å². The Labute approximate surface area is 186 Å². The van der Waals surface area contributed by atoms with E-state index in [1.54, 1.807) is 49.3 Å². The molecule has 5 nitrogen and oxygen atoms in total. The summed E-state index contributed by atoms with van der Waals surface area (Å²) in [5, 5.41) is 3.58. The van der Waals surface area contributed by atoms with Crippen molar-refractivity contribution in [1.29, 1.82) is 0 Å². The molecule has 3 aromatic carbocycles. The number of ether oxygens (including phenoxy) is 1. The van der Waals surface area contributed by atoms with Gasteiger partial charge in [0.2, 0.25) is 5.91 Å². The lowest BCUT2D eigenvalue weighted by Crippen LogP contribution is -2.63. The van der Waals surface area contributed by atoms with Crippen molar-refractivity contribution in [3.8, 4) is 5.75 Å². The number of carbonyl (C=O) groups is 2. The summed E-state index contributed by atoms with van der Waals surface area (Å²) in [4.78, 5) is 28.5. The standard InChI is InChI=1S/C25H23ClN2O3/c1-25(24(30)27-16-17-6-5-8-21(14-17)31-2)15-18-7-3-4-9-22(18)23(29)28(25)20-12-10-19(26)11-13-20/h3-14H,15-16H2,1-2H3,(H,27,30)/t25-/m1/s1. The van der Waals surface area contributed by atoms with Crippen LogP contribution in [0.1, 0.15) is 28.4 Å². The fourth-order valence-corrected chi connectivity index (χ4v) is 4.13. The van der Waals surface area contributed by atoms with Gasteiger partial charge in [0, 0.05) is 29.2 Å². The van der Waals surface area contributed by atoms with Crippen LogP contribution in [-0.2, 0) is 17.8 Å². The summed E-state index contributed by atoms with van der Waals surface area (Å²) in [6, 6.07) is 21.9. The van der Waals surface area contributed by atoms with Gasteiger partial charge in [-0.05, 0) is 60.5 Å². The van der Waals surface area contributed by atoms with Crippen LogP contribution in [0.25, 0.3) is 0 Å². The number of halogens is 1. The lowest BCUT2D eigenvalue weighted by atomic mass is 9.82. The summed E-state index contributed by atoms with van der Waals surface area (Å²) in [6.07, 6.45) is 0.404. The Morgan fingerprint density at radius 2 is 1.84 bits per heavy atom. The molecule has 3 aromatic rings. The van der Waals surface area contributed by atoms with Gasteiger partial charge < -0.3 is 10.1 Å². The lowest BCUT2D eigenvalue weighted by molar-refractivity contribution is -0.126. The van der Waals surface area contributed by atoms with Crippen molar-refractivity contribution >= 4 is 29.1 Å². The molecule has 0 saturated heterocycles. The van der Waals surface area contributed by atoms with Gasteiger partial charge in [0.25, 0.3) is 5.91 Å². The average Bonchev–Trinajstić information content (AvgIpc) is 2.79. The Kier molecular flexibility index (Phi) is 5.70. The highest BCUT2D eigenvalue weighted by Crippen LogP contribution is 2.36. The van der Waals surface area contributed by atoms with Gasteiger partial charge in [0.1, 0.15) is 11.3 Å². The quantitative estimate of drug-likeness (QED) is 0.637. The van der Waals surface area contributed by atoms with E-state index in [4.69, 9.17) is 16.3 Å². The molecule has 1 aliphatic heterocycles. The zero-order valence-electron chi connectivity index (χ0n) is 17.4. The number of hydrogen-bond donors (Lipinski definition) is 1. The van der Waals surface area contributed by atoms with E-state index in [1.165, 1.54) is 0 Å². The summed E-state index contributed by atoms with van der Waals surface area (Å²) >= 11 is 6.05. The molecule has 0 bridgehead atoms. The number of rotatable bonds is 5. The van der Waals surface area contributed by atoms with Crippen LogP contribution in [0.2, 0.25) is 5.02 Å². The number of nitrogens with one attached hydrogen (secondary N) is 1. The predicted octanol–water partition coefficient (Wildman–Crippen LogP) is 4.63. The van der Waals surface area contributed by atoms with Crippen LogP contribution in [0.3, 0.4) is 0 Å². The highest BCUT2D eigenvalue weighted by atomic mass is 35.5. The molecule has 1 atom stereocenters. The van der Waals surface area contributed by atoms with Gasteiger partial charge in [-0.3, -0.25) is 14.5 Å². The van der Waals surface area contributed by atoms with Gasteiger partial charge in [-0.15, -0.1) is 0 Å². The molecule has 158 valence electrons. The minimum absolute atomic E-state index is 0.205. The molecule has 31 heavy (non-hydrogen) atoms. The maximum absolute atomic E-state index is 13.5. The predicted molar refractivity (Wildman–Crippen MR) is 122 cm³/mol. The first-order valence-electron chi connectivity index (χ1n) is 10.0. The Balaban J connectivity index is 1.68. The largest absolute Gasteiger partial charge is 0.497 e. The van der Waals surface area contributed by atoms with Gasteiger partial charge >= 0.3 is 0 Å². The molecule has 0 aromatic heterocycles. The van der Waals surface area contributed by atoms with Crippen LogP contribution in [0, 0.1) is 0 Å². The Hall–Kier alpha value is -3.31. The molecule has 0 fully saturated rings. The summed E-state index contributed by atoms with van der Waals surface area (Å²) in [5.41, 5.74) is 1.91. The van der Waals surface area contributed by atoms with Gasteiger partial charge in [0.15, 0.2) is 0 Å². The topological polar surface area (TPSA) is 58.6 Å². The first-order chi connectivity index (χ1) is 14.9. The third kappa shape index (κ3) is 4.01. The smallest absolute Gasteiger partial charge is 0.259 e. The molecule has 6 heteroatoms. The van der Waals surface area contributed by atoms with Crippen LogP contribution < -0.4 is 15.0 Å². The highest BCUT2D eigenvalue weighted by Gasteiger charge is 2.47. The third-order valence-electron chi connectivity index (χ3n) is 5.64. The Bertz CT molecular complexity index is 1130. The van der Waals surface area contributed by atoms with Gasteiger partial charge in [-0.2, -0.15) is 0 Å². The second-order valence-corrected chi connectivity index (χ2v) is 8.20. The van der Waals surface area contributed by atoms with E-state index in [0.29, 0.717) is 29.2 Å². The Morgan fingerprint density at radius 3 is 2.58 bits per heavy atom. The Morgan fingerprint density at radius 1 is 1.10 bits per heavy atom. The number of anilines is 1. The first-order valence-corrected chi connectivity index (χ1v) is 10.4. The number of methoxy groups -OCH3 is 1. The number of nitrogens with zero attached hydrogens (tertiary/aromatic N) is 1. The van der Waals surface area contributed by atoms with E-state index >= 15 is 0 Å². The number of carbonyl (C=O) groups excluding carboxylic acids is 2. The molecule has 2 amide bonds. The van der Waals surface area contributed by atoms with Crippen molar-refractivity contribution in [3.63, 3.8) is 0 Å². The van der Waals surface area contributed by atoms with Crippen molar-refractivity contribution in [2.75, 3.05) is 12.0 Å². The molecule has 1 heterocycles.